The molecular formula is C21H25NO2. The zero-order valence-corrected chi connectivity index (χ0v) is 15.3. The van der Waals surface area contributed by atoms with Gasteiger partial charge in [-0.1, -0.05) is 53.7 Å². The topological polar surface area (TPSA) is 46.3 Å². The fourth-order valence-corrected chi connectivity index (χ4v) is 2.97. The average molecular weight is 323 g/mol. The summed E-state index contributed by atoms with van der Waals surface area (Å²) in [6.07, 6.45) is 0. The van der Waals surface area contributed by atoms with Crippen LogP contribution in [0.5, 0.6) is 5.75 Å². The smallest absolute Gasteiger partial charge is 0.227 e. The average Bonchev–Trinajstić information content (AvgIpc) is 2.88. The second-order valence-electron chi connectivity index (χ2n) is 8.40. The molecule has 0 saturated carbocycles. The van der Waals surface area contributed by atoms with Gasteiger partial charge >= 0.3 is 0 Å². The van der Waals surface area contributed by atoms with E-state index in [2.05, 4.69) is 46.5 Å². The van der Waals surface area contributed by atoms with E-state index >= 15 is 0 Å². The van der Waals surface area contributed by atoms with Crippen LogP contribution in [0.1, 0.15) is 52.7 Å². The maximum absolute atomic E-state index is 10.6. The molecule has 0 fully saturated rings. The summed E-state index contributed by atoms with van der Waals surface area (Å²) in [5.74, 6) is 0.930. The van der Waals surface area contributed by atoms with Gasteiger partial charge in [0.05, 0.1) is 0 Å². The Morgan fingerprint density at radius 3 is 2.08 bits per heavy atom. The third-order valence-electron chi connectivity index (χ3n) is 4.28. The van der Waals surface area contributed by atoms with Gasteiger partial charge in [0.15, 0.2) is 5.58 Å². The number of hydrogen-bond donors (Lipinski definition) is 1. The quantitative estimate of drug-likeness (QED) is 0.616. The summed E-state index contributed by atoms with van der Waals surface area (Å²) in [6.45, 7) is 12.7. The number of phenols is 1. The van der Waals surface area contributed by atoms with Gasteiger partial charge in [0, 0.05) is 11.1 Å². The molecule has 3 aromatic rings. The molecule has 1 N–H and O–H groups in total. The predicted molar refractivity (Wildman–Crippen MR) is 98.5 cm³/mol. The number of benzene rings is 2. The number of rotatable bonds is 1. The van der Waals surface area contributed by atoms with Gasteiger partial charge in [-0.25, -0.2) is 4.98 Å². The van der Waals surface area contributed by atoms with Crippen LogP contribution in [0.3, 0.4) is 0 Å². The summed E-state index contributed by atoms with van der Waals surface area (Å²) in [5.41, 5.74) is 4.19. The van der Waals surface area contributed by atoms with Crippen LogP contribution in [-0.4, -0.2) is 10.1 Å². The lowest BCUT2D eigenvalue weighted by atomic mass is 9.78. The van der Waals surface area contributed by atoms with Gasteiger partial charge in [0.25, 0.3) is 0 Å². The van der Waals surface area contributed by atoms with Crippen LogP contribution in [0.25, 0.3) is 22.6 Å². The van der Waals surface area contributed by atoms with Crippen molar-refractivity contribution in [2.24, 2.45) is 0 Å². The zero-order chi connectivity index (χ0) is 17.7. The largest absolute Gasteiger partial charge is 0.508 e. The van der Waals surface area contributed by atoms with Crippen LogP contribution in [-0.2, 0) is 10.8 Å². The molecule has 1 aromatic heterocycles. The Morgan fingerprint density at radius 1 is 0.875 bits per heavy atom. The maximum Gasteiger partial charge on any atom is 0.227 e. The number of para-hydroxylation sites is 2. The third kappa shape index (κ3) is 2.91. The molecule has 2 aromatic carbocycles. The van der Waals surface area contributed by atoms with Crippen LogP contribution in [0.2, 0.25) is 0 Å². The second kappa shape index (κ2) is 5.37. The van der Waals surface area contributed by atoms with E-state index in [4.69, 9.17) is 4.42 Å². The van der Waals surface area contributed by atoms with Gasteiger partial charge in [0.2, 0.25) is 5.89 Å². The normalized spacial score (nSPS) is 12.8. The first-order valence-electron chi connectivity index (χ1n) is 8.31. The van der Waals surface area contributed by atoms with E-state index in [9.17, 15) is 5.11 Å². The Morgan fingerprint density at radius 2 is 1.50 bits per heavy atom. The van der Waals surface area contributed by atoms with Gasteiger partial charge in [-0.3, -0.25) is 0 Å². The Bertz CT molecular complexity index is 859. The van der Waals surface area contributed by atoms with Crippen molar-refractivity contribution in [1.82, 2.24) is 4.98 Å². The van der Waals surface area contributed by atoms with Crippen LogP contribution < -0.4 is 0 Å². The van der Waals surface area contributed by atoms with Gasteiger partial charge in [-0.05, 0) is 40.7 Å². The lowest BCUT2D eigenvalue weighted by Gasteiger charge is -2.27. The maximum atomic E-state index is 10.6. The van der Waals surface area contributed by atoms with Gasteiger partial charge in [-0.15, -0.1) is 0 Å². The number of aromatic nitrogens is 1. The highest BCUT2D eigenvalue weighted by Gasteiger charge is 2.27. The minimum atomic E-state index is -0.165. The highest BCUT2D eigenvalue weighted by atomic mass is 16.3. The lowest BCUT2D eigenvalue weighted by Crippen LogP contribution is -2.16. The first-order chi connectivity index (χ1) is 11.1. The molecule has 3 nitrogen and oxygen atoms in total. The third-order valence-corrected chi connectivity index (χ3v) is 4.28. The summed E-state index contributed by atoms with van der Waals surface area (Å²) in [4.78, 5) is 4.66. The molecule has 0 aliphatic rings. The lowest BCUT2D eigenvalue weighted by molar-refractivity contribution is 0.443. The molecule has 3 rings (SSSR count). The molecule has 0 aliphatic heterocycles. The summed E-state index contributed by atoms with van der Waals surface area (Å²) >= 11 is 0. The number of fused-ring (bicyclic) bond motifs is 1. The van der Waals surface area contributed by atoms with Crippen molar-refractivity contribution in [3.8, 4) is 17.2 Å². The Labute approximate surface area is 143 Å². The Kier molecular flexibility index (Phi) is 3.71. The minimum Gasteiger partial charge on any atom is -0.508 e. The zero-order valence-electron chi connectivity index (χ0n) is 15.3. The molecule has 0 amide bonds. The van der Waals surface area contributed by atoms with Gasteiger partial charge < -0.3 is 9.52 Å². The van der Waals surface area contributed by atoms with E-state index in [0.717, 1.165) is 27.8 Å². The molecular weight excluding hydrogens is 298 g/mol. The molecule has 0 unspecified atom stereocenters. The predicted octanol–water partition coefficient (Wildman–Crippen LogP) is 5.80. The number of hydrogen-bond acceptors (Lipinski definition) is 3. The molecule has 0 radical (unpaired) electrons. The van der Waals surface area contributed by atoms with E-state index in [-0.39, 0.29) is 10.8 Å². The SMILES string of the molecule is CC(C)(C)c1cc(-c2nc3ccccc3o2)c(C(C)(C)C)cc1O. The molecule has 1 heterocycles. The summed E-state index contributed by atoms with van der Waals surface area (Å²) in [6, 6.07) is 11.7. The van der Waals surface area contributed by atoms with Crippen molar-refractivity contribution in [3.05, 3.63) is 47.5 Å². The fraction of sp³-hybridized carbons (Fsp3) is 0.381. The van der Waals surface area contributed by atoms with E-state index < -0.39 is 0 Å². The van der Waals surface area contributed by atoms with Crippen LogP contribution in [0.15, 0.2) is 40.8 Å². The molecule has 0 saturated heterocycles. The van der Waals surface area contributed by atoms with Crippen molar-refractivity contribution in [2.45, 2.75) is 52.4 Å². The molecule has 0 aliphatic carbocycles. The molecule has 24 heavy (non-hydrogen) atoms. The van der Waals surface area contributed by atoms with E-state index in [1.807, 2.05) is 36.4 Å². The highest BCUT2D eigenvalue weighted by Crippen LogP contribution is 2.41. The van der Waals surface area contributed by atoms with Crippen molar-refractivity contribution in [2.75, 3.05) is 0 Å². The first kappa shape index (κ1) is 16.6. The van der Waals surface area contributed by atoms with Crippen LogP contribution in [0, 0.1) is 0 Å². The molecule has 126 valence electrons. The van der Waals surface area contributed by atoms with Gasteiger partial charge in [0.1, 0.15) is 11.3 Å². The first-order valence-corrected chi connectivity index (χ1v) is 8.31. The minimum absolute atomic E-state index is 0.135. The fourth-order valence-electron chi connectivity index (χ4n) is 2.97. The van der Waals surface area contributed by atoms with Crippen LogP contribution in [0.4, 0.5) is 0 Å². The monoisotopic (exact) mass is 323 g/mol. The number of phenolic OH excluding ortho intramolecular Hbond substituents is 1. The standard InChI is InChI=1S/C21H25NO2/c1-20(2,3)14-12-17(23)15(21(4,5)6)11-13(14)19-22-16-9-7-8-10-18(16)24-19/h7-12,23H,1-6H3. The van der Waals surface area contributed by atoms with E-state index in [1.54, 1.807) is 0 Å². The number of nitrogens with zero attached hydrogens (tertiary/aromatic N) is 1. The number of aromatic hydroxyl groups is 1. The van der Waals surface area contributed by atoms with Crippen molar-refractivity contribution < 1.29 is 9.52 Å². The summed E-state index contributed by atoms with van der Waals surface area (Å²) < 4.78 is 6.00. The molecule has 0 bridgehead atoms. The van der Waals surface area contributed by atoms with Crippen LogP contribution >= 0.6 is 0 Å². The second-order valence-corrected chi connectivity index (χ2v) is 8.40. The van der Waals surface area contributed by atoms with Gasteiger partial charge in [-0.2, -0.15) is 0 Å². The molecule has 3 heteroatoms. The Hall–Kier alpha value is -2.29. The highest BCUT2D eigenvalue weighted by molar-refractivity contribution is 5.77. The molecule has 0 spiro atoms. The summed E-state index contributed by atoms with van der Waals surface area (Å²) in [7, 11) is 0. The summed E-state index contributed by atoms with van der Waals surface area (Å²) in [5, 5.41) is 10.6. The number of oxazole rings is 1. The molecule has 0 atom stereocenters. The van der Waals surface area contributed by atoms with Crippen molar-refractivity contribution >= 4 is 11.1 Å². The van der Waals surface area contributed by atoms with E-state index in [0.29, 0.717) is 11.6 Å². The van der Waals surface area contributed by atoms with Crippen molar-refractivity contribution in [1.29, 1.82) is 0 Å². The van der Waals surface area contributed by atoms with E-state index in [1.165, 1.54) is 0 Å². The Balaban J connectivity index is 2.31. The van der Waals surface area contributed by atoms with Crippen molar-refractivity contribution in [3.63, 3.8) is 0 Å².